The van der Waals surface area contributed by atoms with Crippen molar-refractivity contribution in [2.24, 2.45) is 5.92 Å². The molecule has 1 aromatic carbocycles. The maximum absolute atomic E-state index is 13.2. The van der Waals surface area contributed by atoms with Crippen molar-refractivity contribution in [1.29, 1.82) is 0 Å². The molecule has 0 saturated carbocycles. The number of benzene rings is 1. The number of phenolic OH excluding ortho intramolecular Hbond substituents is 1. The van der Waals surface area contributed by atoms with Crippen LogP contribution in [0.2, 0.25) is 0 Å². The molecule has 0 fully saturated rings. The van der Waals surface area contributed by atoms with E-state index in [2.05, 4.69) is 19.2 Å². The van der Waals surface area contributed by atoms with Gasteiger partial charge in [-0.1, -0.05) is 13.8 Å². The van der Waals surface area contributed by atoms with E-state index in [9.17, 15) is 9.50 Å². The number of phenols is 1. The summed E-state index contributed by atoms with van der Waals surface area (Å²) in [6.45, 7) is 6.11. The molecule has 1 aromatic rings. The molecular weight excluding hydrogens is 233 g/mol. The molecule has 18 heavy (non-hydrogen) atoms. The topological polar surface area (TPSA) is 52.5 Å². The van der Waals surface area contributed by atoms with Gasteiger partial charge in [-0.05, 0) is 37.5 Å². The number of halogens is 1. The summed E-state index contributed by atoms with van der Waals surface area (Å²) in [5, 5.41) is 22.1. The van der Waals surface area contributed by atoms with Gasteiger partial charge in [-0.2, -0.15) is 0 Å². The smallest absolute Gasteiger partial charge is 0.123 e. The van der Waals surface area contributed by atoms with Crippen molar-refractivity contribution in [2.75, 3.05) is 6.61 Å². The van der Waals surface area contributed by atoms with E-state index in [1.807, 2.05) is 6.92 Å². The van der Waals surface area contributed by atoms with Crippen LogP contribution in [0.1, 0.15) is 38.8 Å². The Morgan fingerprint density at radius 1 is 1.28 bits per heavy atom. The zero-order valence-corrected chi connectivity index (χ0v) is 11.2. The van der Waals surface area contributed by atoms with E-state index in [0.29, 0.717) is 17.9 Å². The first kappa shape index (κ1) is 14.9. The molecule has 0 radical (unpaired) electrons. The summed E-state index contributed by atoms with van der Waals surface area (Å²) >= 11 is 0. The molecule has 0 spiro atoms. The van der Waals surface area contributed by atoms with Crippen molar-refractivity contribution in [3.63, 3.8) is 0 Å². The fourth-order valence-corrected chi connectivity index (χ4v) is 2.03. The minimum atomic E-state index is -0.361. The maximum Gasteiger partial charge on any atom is 0.123 e. The second-order valence-corrected chi connectivity index (χ2v) is 4.95. The molecule has 2 atom stereocenters. The van der Waals surface area contributed by atoms with Gasteiger partial charge >= 0.3 is 0 Å². The van der Waals surface area contributed by atoms with Gasteiger partial charge in [0.1, 0.15) is 11.6 Å². The molecule has 4 heteroatoms. The highest BCUT2D eigenvalue weighted by Gasteiger charge is 2.18. The maximum atomic E-state index is 13.2. The van der Waals surface area contributed by atoms with E-state index in [-0.39, 0.29) is 30.3 Å². The molecule has 0 aliphatic carbocycles. The lowest BCUT2D eigenvalue weighted by Crippen LogP contribution is -2.36. The summed E-state index contributed by atoms with van der Waals surface area (Å²) in [5.41, 5.74) is 0.540. The van der Waals surface area contributed by atoms with E-state index in [4.69, 9.17) is 5.11 Å². The van der Waals surface area contributed by atoms with Crippen LogP contribution in [0.4, 0.5) is 4.39 Å². The van der Waals surface area contributed by atoms with Gasteiger partial charge in [-0.15, -0.1) is 0 Å². The number of rotatable bonds is 6. The zero-order valence-electron chi connectivity index (χ0n) is 11.2. The van der Waals surface area contributed by atoms with Crippen molar-refractivity contribution in [3.8, 4) is 5.75 Å². The summed E-state index contributed by atoms with van der Waals surface area (Å²) in [7, 11) is 0. The van der Waals surface area contributed by atoms with Crippen molar-refractivity contribution in [2.45, 2.75) is 39.3 Å². The zero-order chi connectivity index (χ0) is 13.7. The minimum Gasteiger partial charge on any atom is -0.508 e. The second kappa shape index (κ2) is 6.71. The first-order valence-electron chi connectivity index (χ1n) is 6.31. The molecule has 0 aliphatic heterocycles. The molecular formula is C14H22FNO2. The fraction of sp³-hybridized carbons (Fsp3) is 0.571. The van der Waals surface area contributed by atoms with Crippen LogP contribution in [-0.2, 0) is 0 Å². The van der Waals surface area contributed by atoms with Gasteiger partial charge in [0.25, 0.3) is 0 Å². The van der Waals surface area contributed by atoms with Crippen LogP contribution >= 0.6 is 0 Å². The van der Waals surface area contributed by atoms with E-state index in [1.165, 1.54) is 18.2 Å². The summed E-state index contributed by atoms with van der Waals surface area (Å²) in [5.74, 6) is 0.0814. The van der Waals surface area contributed by atoms with Crippen LogP contribution in [0.15, 0.2) is 18.2 Å². The second-order valence-electron chi connectivity index (χ2n) is 4.95. The highest BCUT2D eigenvalue weighted by molar-refractivity contribution is 5.34. The molecule has 2 unspecified atom stereocenters. The average molecular weight is 255 g/mol. The van der Waals surface area contributed by atoms with Crippen molar-refractivity contribution < 1.29 is 14.6 Å². The van der Waals surface area contributed by atoms with Crippen LogP contribution in [0.5, 0.6) is 5.75 Å². The first-order chi connectivity index (χ1) is 8.45. The van der Waals surface area contributed by atoms with Gasteiger partial charge in [-0.3, -0.25) is 0 Å². The predicted octanol–water partition coefficient (Wildman–Crippen LogP) is 2.59. The van der Waals surface area contributed by atoms with Gasteiger partial charge in [0.2, 0.25) is 0 Å². The summed E-state index contributed by atoms with van der Waals surface area (Å²) < 4.78 is 13.2. The number of aromatic hydroxyl groups is 1. The molecule has 3 N–H and O–H groups in total. The third kappa shape index (κ3) is 3.96. The Morgan fingerprint density at radius 3 is 2.50 bits per heavy atom. The molecule has 0 saturated heterocycles. The van der Waals surface area contributed by atoms with Crippen LogP contribution in [0, 0.1) is 11.7 Å². The van der Waals surface area contributed by atoms with Crippen molar-refractivity contribution >= 4 is 0 Å². The van der Waals surface area contributed by atoms with Crippen LogP contribution in [0.3, 0.4) is 0 Å². The van der Waals surface area contributed by atoms with E-state index in [1.54, 1.807) is 0 Å². The lowest BCUT2D eigenvalue weighted by atomic mass is 9.98. The van der Waals surface area contributed by atoms with Crippen molar-refractivity contribution in [1.82, 2.24) is 5.32 Å². The Labute approximate surface area is 108 Å². The fourth-order valence-electron chi connectivity index (χ4n) is 2.03. The highest BCUT2D eigenvalue weighted by atomic mass is 19.1. The Kier molecular flexibility index (Phi) is 5.56. The van der Waals surface area contributed by atoms with Crippen LogP contribution < -0.4 is 5.32 Å². The lowest BCUT2D eigenvalue weighted by molar-refractivity contribution is 0.236. The summed E-state index contributed by atoms with van der Waals surface area (Å²) in [6, 6.07) is 3.90. The number of aliphatic hydroxyl groups excluding tert-OH is 1. The molecule has 102 valence electrons. The van der Waals surface area contributed by atoms with Crippen molar-refractivity contribution in [3.05, 3.63) is 29.6 Å². The SMILES string of the molecule is CC(NC(CCO)C(C)C)c1cc(F)ccc1O. The van der Waals surface area contributed by atoms with E-state index in [0.717, 1.165) is 0 Å². The predicted molar refractivity (Wildman–Crippen MR) is 69.9 cm³/mol. The molecule has 0 amide bonds. The van der Waals surface area contributed by atoms with Gasteiger partial charge < -0.3 is 15.5 Å². The molecule has 0 aliphatic rings. The van der Waals surface area contributed by atoms with Gasteiger partial charge in [-0.25, -0.2) is 4.39 Å². The van der Waals surface area contributed by atoms with E-state index < -0.39 is 0 Å². The Bertz CT molecular complexity index is 382. The molecule has 0 heterocycles. The quantitative estimate of drug-likeness (QED) is 0.732. The lowest BCUT2D eigenvalue weighted by Gasteiger charge is -2.26. The Balaban J connectivity index is 2.79. The largest absolute Gasteiger partial charge is 0.508 e. The highest BCUT2D eigenvalue weighted by Crippen LogP contribution is 2.26. The summed E-state index contributed by atoms with van der Waals surface area (Å²) in [4.78, 5) is 0. The number of aliphatic hydroxyl groups is 1. The van der Waals surface area contributed by atoms with Gasteiger partial charge in [0.05, 0.1) is 0 Å². The number of hydrogen-bond donors (Lipinski definition) is 3. The number of nitrogens with one attached hydrogen (secondary N) is 1. The monoisotopic (exact) mass is 255 g/mol. The molecule has 1 rings (SSSR count). The normalized spacial score (nSPS) is 14.8. The van der Waals surface area contributed by atoms with E-state index >= 15 is 0 Å². The Morgan fingerprint density at radius 2 is 1.94 bits per heavy atom. The third-order valence-corrected chi connectivity index (χ3v) is 3.17. The molecule has 0 aromatic heterocycles. The minimum absolute atomic E-state index is 0.0860. The standard InChI is InChI=1S/C14H22FNO2/c1-9(2)13(6-7-17)16-10(3)12-8-11(15)4-5-14(12)18/h4-5,8-10,13,16-18H,6-7H2,1-3H3. The third-order valence-electron chi connectivity index (χ3n) is 3.17. The van der Waals surface area contributed by atoms with Gasteiger partial charge in [0.15, 0.2) is 0 Å². The molecule has 0 bridgehead atoms. The first-order valence-corrected chi connectivity index (χ1v) is 6.31. The van der Waals surface area contributed by atoms with Gasteiger partial charge in [0, 0.05) is 24.3 Å². The molecule has 3 nitrogen and oxygen atoms in total. The summed E-state index contributed by atoms with van der Waals surface area (Å²) in [6.07, 6.45) is 0.637. The number of hydrogen-bond acceptors (Lipinski definition) is 3. The average Bonchev–Trinajstić information content (AvgIpc) is 2.31. The van der Waals surface area contributed by atoms with Crippen LogP contribution in [-0.4, -0.2) is 22.9 Å². The Hall–Kier alpha value is -1.13. The van der Waals surface area contributed by atoms with Crippen LogP contribution in [0.25, 0.3) is 0 Å².